The average Bonchev–Trinajstić information content (AvgIpc) is 3.15. The van der Waals surface area contributed by atoms with Crippen molar-refractivity contribution in [2.75, 3.05) is 6.54 Å². The van der Waals surface area contributed by atoms with Gasteiger partial charge in [-0.25, -0.2) is 0 Å². The molecule has 0 aliphatic carbocycles. The molecule has 2 aromatic rings. The number of aliphatic imine (C=N–C) groups is 1. The van der Waals surface area contributed by atoms with Crippen LogP contribution in [0.5, 0.6) is 0 Å². The van der Waals surface area contributed by atoms with Crippen molar-refractivity contribution in [2.24, 2.45) is 10.7 Å². The summed E-state index contributed by atoms with van der Waals surface area (Å²) >= 11 is 6.01. The van der Waals surface area contributed by atoms with E-state index >= 15 is 0 Å². The van der Waals surface area contributed by atoms with Crippen LogP contribution in [0.4, 0.5) is 0 Å². The second-order valence-electron chi connectivity index (χ2n) is 7.14. The second-order valence-corrected chi connectivity index (χ2v) is 7.55. The van der Waals surface area contributed by atoms with Gasteiger partial charge < -0.3 is 16.2 Å². The van der Waals surface area contributed by atoms with Crippen LogP contribution in [0.2, 0.25) is 5.02 Å². The Bertz CT molecular complexity index is 985. The molecule has 0 fully saturated rings. The van der Waals surface area contributed by atoms with Crippen LogP contribution < -0.4 is 11.1 Å². The van der Waals surface area contributed by atoms with Crippen molar-refractivity contribution in [1.82, 2.24) is 15.5 Å². The molecule has 0 spiro atoms. The highest BCUT2D eigenvalue weighted by atomic mass is 35.5. The van der Waals surface area contributed by atoms with Gasteiger partial charge in [0.25, 0.3) is 5.91 Å². The number of carbonyl (C=O) groups is 1. The lowest BCUT2D eigenvalue weighted by Gasteiger charge is -2.23. The van der Waals surface area contributed by atoms with Crippen LogP contribution in [0.3, 0.4) is 0 Å². The van der Waals surface area contributed by atoms with Gasteiger partial charge in [0.15, 0.2) is 0 Å². The van der Waals surface area contributed by atoms with E-state index in [-0.39, 0.29) is 11.6 Å². The third kappa shape index (κ3) is 6.17. The average molecular weight is 415 g/mol. The van der Waals surface area contributed by atoms with Crippen LogP contribution in [0.25, 0.3) is 5.70 Å². The standard InChI is InChI=1S/C20H23ClN6O2/c1-12(28)17-9-18(27-26-17)19(29)25-20(2,3)11-24-7-6-16(23)13-4-5-14(10-22)15(21)8-13/h4-9,12,28H,11,23H2,1-3H3,(H,25,29)(H,26,27). The molecule has 9 heteroatoms. The largest absolute Gasteiger partial charge is 0.398 e. The van der Waals surface area contributed by atoms with Crippen molar-refractivity contribution >= 4 is 29.4 Å². The van der Waals surface area contributed by atoms with Gasteiger partial charge in [-0.15, -0.1) is 0 Å². The Kier molecular flexibility index (Phi) is 7.15. The SMILES string of the molecule is CC(O)c1cc(C(=O)NC(C)(C)CN=CC=C(N)c2ccc(C#N)c(Cl)c2)n[nH]1. The highest BCUT2D eigenvalue weighted by molar-refractivity contribution is 6.31. The van der Waals surface area contributed by atoms with E-state index in [2.05, 4.69) is 20.5 Å². The minimum atomic E-state index is -0.732. The monoisotopic (exact) mass is 414 g/mol. The Balaban J connectivity index is 1.97. The predicted molar refractivity (Wildman–Crippen MR) is 112 cm³/mol. The molecular weight excluding hydrogens is 392 g/mol. The lowest BCUT2D eigenvalue weighted by molar-refractivity contribution is 0.0911. The molecule has 0 aliphatic rings. The minimum absolute atomic E-state index is 0.194. The summed E-state index contributed by atoms with van der Waals surface area (Å²) in [5, 5.41) is 28.1. The molecule has 1 aromatic carbocycles. The molecule has 1 unspecified atom stereocenters. The quantitative estimate of drug-likeness (QED) is 0.515. The van der Waals surface area contributed by atoms with Crippen molar-refractivity contribution in [3.05, 3.63) is 57.9 Å². The number of nitrogens with one attached hydrogen (secondary N) is 2. The van der Waals surface area contributed by atoms with Gasteiger partial charge in [0.2, 0.25) is 0 Å². The number of halogens is 1. The number of nitrogens with zero attached hydrogens (tertiary/aromatic N) is 3. The number of rotatable bonds is 7. The molecule has 0 radical (unpaired) electrons. The Morgan fingerprint density at radius 1 is 1.52 bits per heavy atom. The van der Waals surface area contributed by atoms with E-state index in [1.54, 1.807) is 37.4 Å². The van der Waals surface area contributed by atoms with Crippen molar-refractivity contribution in [3.63, 3.8) is 0 Å². The van der Waals surface area contributed by atoms with E-state index in [9.17, 15) is 9.90 Å². The highest BCUT2D eigenvalue weighted by Crippen LogP contribution is 2.19. The molecular formula is C20H23ClN6O2. The zero-order valence-electron chi connectivity index (χ0n) is 16.4. The van der Waals surface area contributed by atoms with Gasteiger partial charge >= 0.3 is 0 Å². The van der Waals surface area contributed by atoms with Gasteiger partial charge in [0, 0.05) is 11.9 Å². The molecule has 1 aromatic heterocycles. The maximum Gasteiger partial charge on any atom is 0.272 e. The number of amides is 1. The molecule has 8 nitrogen and oxygen atoms in total. The summed E-state index contributed by atoms with van der Waals surface area (Å²) in [4.78, 5) is 16.6. The zero-order chi connectivity index (χ0) is 21.6. The number of H-pyrrole nitrogens is 1. The van der Waals surface area contributed by atoms with Crippen LogP contribution in [0.15, 0.2) is 35.3 Å². The number of carbonyl (C=O) groups excluding carboxylic acids is 1. The number of aromatic nitrogens is 2. The first-order valence-electron chi connectivity index (χ1n) is 8.84. The minimum Gasteiger partial charge on any atom is -0.398 e. The number of hydrogen-bond acceptors (Lipinski definition) is 6. The van der Waals surface area contributed by atoms with Gasteiger partial charge in [-0.1, -0.05) is 17.7 Å². The molecule has 0 aliphatic heterocycles. The number of hydrogen-bond donors (Lipinski definition) is 4. The van der Waals surface area contributed by atoms with E-state index < -0.39 is 11.6 Å². The summed E-state index contributed by atoms with van der Waals surface area (Å²) in [7, 11) is 0. The normalized spacial score (nSPS) is 13.3. The summed E-state index contributed by atoms with van der Waals surface area (Å²) in [6, 6.07) is 8.43. The van der Waals surface area contributed by atoms with Crippen molar-refractivity contribution in [3.8, 4) is 6.07 Å². The number of aliphatic hydroxyl groups excluding tert-OH is 1. The molecule has 2 rings (SSSR count). The van der Waals surface area contributed by atoms with Gasteiger partial charge in [0.1, 0.15) is 11.8 Å². The lowest BCUT2D eigenvalue weighted by Crippen LogP contribution is -2.46. The molecule has 29 heavy (non-hydrogen) atoms. The maximum atomic E-state index is 12.3. The molecule has 1 heterocycles. The fraction of sp³-hybridized carbons (Fsp3) is 0.300. The number of nitriles is 1. The molecule has 5 N–H and O–H groups in total. The first kappa shape index (κ1) is 22.1. The summed E-state index contributed by atoms with van der Waals surface area (Å²) in [6.07, 6.45) is 2.44. The predicted octanol–water partition coefficient (Wildman–Crippen LogP) is 2.57. The van der Waals surface area contributed by atoms with Crippen LogP contribution in [-0.4, -0.2) is 39.5 Å². The Hall–Kier alpha value is -3.15. The van der Waals surface area contributed by atoms with Gasteiger partial charge in [-0.2, -0.15) is 10.4 Å². The van der Waals surface area contributed by atoms with Gasteiger partial charge in [-0.3, -0.25) is 14.9 Å². The van der Waals surface area contributed by atoms with E-state index in [1.165, 1.54) is 6.07 Å². The number of benzene rings is 1. The number of nitrogens with two attached hydrogens (primary N) is 1. The number of aliphatic hydroxyl groups is 1. The van der Waals surface area contributed by atoms with Crippen LogP contribution in [0.1, 0.15) is 54.2 Å². The van der Waals surface area contributed by atoms with E-state index in [4.69, 9.17) is 22.6 Å². The second kappa shape index (κ2) is 9.37. The Labute approximate surface area is 174 Å². The summed E-state index contributed by atoms with van der Waals surface area (Å²) < 4.78 is 0. The fourth-order valence-corrected chi connectivity index (χ4v) is 2.60. The van der Waals surface area contributed by atoms with Gasteiger partial charge in [-0.05, 0) is 50.6 Å². The number of aromatic amines is 1. The van der Waals surface area contributed by atoms with Crippen LogP contribution >= 0.6 is 11.6 Å². The third-order valence-corrected chi connectivity index (χ3v) is 4.31. The molecule has 1 atom stereocenters. The first-order valence-corrected chi connectivity index (χ1v) is 9.22. The van der Waals surface area contributed by atoms with E-state index in [0.717, 1.165) is 0 Å². The summed E-state index contributed by atoms with van der Waals surface area (Å²) in [6.45, 7) is 5.55. The topological polar surface area (TPSA) is 140 Å². The number of allylic oxidation sites excluding steroid dienone is 1. The Morgan fingerprint density at radius 2 is 2.24 bits per heavy atom. The van der Waals surface area contributed by atoms with E-state index in [0.29, 0.717) is 34.1 Å². The maximum absolute atomic E-state index is 12.3. The third-order valence-electron chi connectivity index (χ3n) is 4.00. The molecule has 1 amide bonds. The van der Waals surface area contributed by atoms with Crippen molar-refractivity contribution in [2.45, 2.75) is 32.4 Å². The smallest absolute Gasteiger partial charge is 0.272 e. The molecule has 0 bridgehead atoms. The van der Waals surface area contributed by atoms with Crippen molar-refractivity contribution < 1.29 is 9.90 Å². The Morgan fingerprint density at radius 3 is 2.83 bits per heavy atom. The molecule has 152 valence electrons. The van der Waals surface area contributed by atoms with E-state index in [1.807, 2.05) is 19.9 Å². The van der Waals surface area contributed by atoms with Crippen molar-refractivity contribution in [1.29, 1.82) is 5.26 Å². The van der Waals surface area contributed by atoms with Crippen LogP contribution in [0, 0.1) is 11.3 Å². The van der Waals surface area contributed by atoms with Gasteiger partial charge in [0.05, 0.1) is 34.5 Å². The zero-order valence-corrected chi connectivity index (χ0v) is 17.2. The first-order chi connectivity index (χ1) is 13.6. The van der Waals surface area contributed by atoms with Crippen LogP contribution in [-0.2, 0) is 0 Å². The highest BCUT2D eigenvalue weighted by Gasteiger charge is 2.22. The lowest BCUT2D eigenvalue weighted by atomic mass is 10.1. The summed E-state index contributed by atoms with van der Waals surface area (Å²) in [5.74, 6) is -0.365. The summed E-state index contributed by atoms with van der Waals surface area (Å²) in [5.41, 5.74) is 7.56. The molecule has 0 saturated heterocycles. The molecule has 0 saturated carbocycles. The fourth-order valence-electron chi connectivity index (χ4n) is 2.37.